The minimum Gasteiger partial charge on any atom is -0.496 e. The Hall–Kier alpha value is -1.22. The van der Waals surface area contributed by atoms with Crippen LogP contribution in [0.1, 0.15) is 25.0 Å². The first-order valence-electron chi connectivity index (χ1n) is 5.53. The molecule has 1 aromatic carbocycles. The molecule has 3 heteroatoms. The summed E-state index contributed by atoms with van der Waals surface area (Å²) in [5.74, 6) is 1.81. The highest BCUT2D eigenvalue weighted by molar-refractivity contribution is 5.45. The average Bonchev–Trinajstić information content (AvgIpc) is 2.26. The van der Waals surface area contributed by atoms with E-state index in [4.69, 9.17) is 9.47 Å². The summed E-state index contributed by atoms with van der Waals surface area (Å²) < 4.78 is 10.7. The van der Waals surface area contributed by atoms with Crippen molar-refractivity contribution in [2.75, 3.05) is 14.2 Å². The highest BCUT2D eigenvalue weighted by Crippen LogP contribution is 2.28. The highest BCUT2D eigenvalue weighted by Gasteiger charge is 2.08. The van der Waals surface area contributed by atoms with Crippen molar-refractivity contribution >= 4 is 0 Å². The number of hydrogen-bond donors (Lipinski definition) is 1. The summed E-state index contributed by atoms with van der Waals surface area (Å²) >= 11 is 0. The summed E-state index contributed by atoms with van der Waals surface area (Å²) in [6, 6.07) is 4.50. The van der Waals surface area contributed by atoms with Crippen molar-refractivity contribution in [2.24, 2.45) is 0 Å². The van der Waals surface area contributed by atoms with E-state index < -0.39 is 0 Å². The molecule has 16 heavy (non-hydrogen) atoms. The van der Waals surface area contributed by atoms with Gasteiger partial charge in [-0.3, -0.25) is 0 Å². The third kappa shape index (κ3) is 3.14. The summed E-state index contributed by atoms with van der Waals surface area (Å²) in [5.41, 5.74) is 2.21. The Balaban J connectivity index is 2.95. The molecule has 0 bridgehead atoms. The molecule has 0 fully saturated rings. The summed E-state index contributed by atoms with van der Waals surface area (Å²) in [4.78, 5) is 0. The number of aryl methyl sites for hydroxylation is 1. The summed E-state index contributed by atoms with van der Waals surface area (Å²) in [6.07, 6.45) is 0. The minimum absolute atomic E-state index is 0.456. The number of methoxy groups -OCH3 is 2. The van der Waals surface area contributed by atoms with Crippen molar-refractivity contribution in [3.63, 3.8) is 0 Å². The molecule has 1 aromatic rings. The van der Waals surface area contributed by atoms with E-state index in [1.54, 1.807) is 14.2 Å². The fourth-order valence-corrected chi connectivity index (χ4v) is 1.57. The predicted molar refractivity (Wildman–Crippen MR) is 66.3 cm³/mol. The van der Waals surface area contributed by atoms with E-state index in [2.05, 4.69) is 19.2 Å². The normalized spacial score (nSPS) is 10.6. The number of benzene rings is 1. The summed E-state index contributed by atoms with van der Waals surface area (Å²) in [7, 11) is 3.38. The Morgan fingerprint density at radius 3 is 2.25 bits per heavy atom. The van der Waals surface area contributed by atoms with Gasteiger partial charge in [0.05, 0.1) is 14.2 Å². The number of rotatable bonds is 5. The van der Waals surface area contributed by atoms with E-state index >= 15 is 0 Å². The van der Waals surface area contributed by atoms with Gasteiger partial charge in [0.25, 0.3) is 0 Å². The fourth-order valence-electron chi connectivity index (χ4n) is 1.57. The lowest BCUT2D eigenvalue weighted by molar-refractivity contribution is 0.394. The van der Waals surface area contributed by atoms with E-state index in [1.165, 1.54) is 0 Å². The largest absolute Gasteiger partial charge is 0.496 e. The SMILES string of the molecule is COc1cc(CNC(C)C)c(OC)cc1C. The molecule has 1 N–H and O–H groups in total. The minimum atomic E-state index is 0.456. The van der Waals surface area contributed by atoms with E-state index in [0.717, 1.165) is 29.2 Å². The van der Waals surface area contributed by atoms with Crippen LogP contribution in [0.4, 0.5) is 0 Å². The molecule has 0 spiro atoms. The number of ether oxygens (including phenoxy) is 2. The lowest BCUT2D eigenvalue weighted by Crippen LogP contribution is -2.22. The molecule has 0 aliphatic heterocycles. The van der Waals surface area contributed by atoms with Crippen LogP contribution >= 0.6 is 0 Å². The van der Waals surface area contributed by atoms with Crippen molar-refractivity contribution in [2.45, 2.75) is 33.4 Å². The molecule has 0 radical (unpaired) electrons. The maximum atomic E-state index is 5.36. The molecule has 0 aliphatic carbocycles. The third-order valence-electron chi connectivity index (χ3n) is 2.50. The summed E-state index contributed by atoms with van der Waals surface area (Å²) in [5, 5.41) is 3.37. The van der Waals surface area contributed by atoms with Crippen LogP contribution in [-0.4, -0.2) is 20.3 Å². The quantitative estimate of drug-likeness (QED) is 0.832. The van der Waals surface area contributed by atoms with Crippen LogP contribution in [0.2, 0.25) is 0 Å². The Labute approximate surface area is 97.8 Å². The van der Waals surface area contributed by atoms with Gasteiger partial charge in [0.2, 0.25) is 0 Å². The first-order chi connectivity index (χ1) is 7.58. The second-order valence-corrected chi connectivity index (χ2v) is 4.17. The number of hydrogen-bond acceptors (Lipinski definition) is 3. The van der Waals surface area contributed by atoms with Crippen LogP contribution < -0.4 is 14.8 Å². The van der Waals surface area contributed by atoms with E-state index in [9.17, 15) is 0 Å². The van der Waals surface area contributed by atoms with Crippen molar-refractivity contribution in [3.8, 4) is 11.5 Å². The molecule has 3 nitrogen and oxygen atoms in total. The van der Waals surface area contributed by atoms with Gasteiger partial charge in [-0.05, 0) is 24.6 Å². The third-order valence-corrected chi connectivity index (χ3v) is 2.50. The molecule has 0 saturated heterocycles. The molecule has 0 unspecified atom stereocenters. The lowest BCUT2D eigenvalue weighted by atomic mass is 10.1. The van der Waals surface area contributed by atoms with Gasteiger partial charge in [0.15, 0.2) is 0 Å². The van der Waals surface area contributed by atoms with Gasteiger partial charge in [0, 0.05) is 18.2 Å². The van der Waals surface area contributed by atoms with Crippen LogP contribution in [-0.2, 0) is 6.54 Å². The predicted octanol–water partition coefficient (Wildman–Crippen LogP) is 2.51. The molecule has 0 amide bonds. The molecular weight excluding hydrogens is 202 g/mol. The number of nitrogens with one attached hydrogen (secondary N) is 1. The Morgan fingerprint density at radius 2 is 1.75 bits per heavy atom. The van der Waals surface area contributed by atoms with Gasteiger partial charge < -0.3 is 14.8 Å². The molecule has 0 heterocycles. The van der Waals surface area contributed by atoms with Crippen molar-refractivity contribution in [1.29, 1.82) is 0 Å². The zero-order chi connectivity index (χ0) is 12.1. The smallest absolute Gasteiger partial charge is 0.123 e. The van der Waals surface area contributed by atoms with Crippen LogP contribution in [0, 0.1) is 6.92 Å². The van der Waals surface area contributed by atoms with Crippen LogP contribution in [0.25, 0.3) is 0 Å². The zero-order valence-corrected chi connectivity index (χ0v) is 10.8. The maximum Gasteiger partial charge on any atom is 0.123 e. The van der Waals surface area contributed by atoms with E-state index in [-0.39, 0.29) is 0 Å². The topological polar surface area (TPSA) is 30.5 Å². The molecule has 0 saturated carbocycles. The van der Waals surface area contributed by atoms with E-state index in [1.807, 2.05) is 19.1 Å². The molecule has 1 rings (SSSR count). The van der Waals surface area contributed by atoms with E-state index in [0.29, 0.717) is 6.04 Å². The first kappa shape index (κ1) is 12.8. The second kappa shape index (κ2) is 5.75. The first-order valence-corrected chi connectivity index (χ1v) is 5.53. The second-order valence-electron chi connectivity index (χ2n) is 4.17. The maximum absolute atomic E-state index is 5.36. The Bertz CT molecular complexity index is 348. The van der Waals surface area contributed by atoms with Gasteiger partial charge in [0.1, 0.15) is 11.5 Å². The zero-order valence-electron chi connectivity index (χ0n) is 10.8. The van der Waals surface area contributed by atoms with Crippen LogP contribution in [0.15, 0.2) is 12.1 Å². The lowest BCUT2D eigenvalue weighted by Gasteiger charge is -2.14. The Kier molecular flexibility index (Phi) is 4.62. The van der Waals surface area contributed by atoms with Crippen LogP contribution in [0.5, 0.6) is 11.5 Å². The van der Waals surface area contributed by atoms with Crippen molar-refractivity contribution < 1.29 is 9.47 Å². The molecule has 90 valence electrons. The van der Waals surface area contributed by atoms with Gasteiger partial charge in [-0.2, -0.15) is 0 Å². The highest BCUT2D eigenvalue weighted by atomic mass is 16.5. The van der Waals surface area contributed by atoms with Crippen molar-refractivity contribution in [3.05, 3.63) is 23.3 Å². The standard InChI is InChI=1S/C13H21NO2/c1-9(2)14-8-11-7-12(15-4)10(3)6-13(11)16-5/h6-7,9,14H,8H2,1-5H3. The molecule has 0 aromatic heterocycles. The summed E-state index contributed by atoms with van der Waals surface area (Å²) in [6.45, 7) is 7.05. The van der Waals surface area contributed by atoms with Crippen molar-refractivity contribution in [1.82, 2.24) is 5.32 Å². The fraction of sp³-hybridized carbons (Fsp3) is 0.538. The van der Waals surface area contributed by atoms with Crippen LogP contribution in [0.3, 0.4) is 0 Å². The molecule has 0 aliphatic rings. The van der Waals surface area contributed by atoms with Gasteiger partial charge in [-0.25, -0.2) is 0 Å². The molecule has 0 atom stereocenters. The van der Waals surface area contributed by atoms with Gasteiger partial charge >= 0.3 is 0 Å². The average molecular weight is 223 g/mol. The van der Waals surface area contributed by atoms with Gasteiger partial charge in [-0.1, -0.05) is 13.8 Å². The van der Waals surface area contributed by atoms with Gasteiger partial charge in [-0.15, -0.1) is 0 Å². The molecular formula is C13H21NO2. The monoisotopic (exact) mass is 223 g/mol. The Morgan fingerprint density at radius 1 is 1.12 bits per heavy atom.